The molecule has 3 nitrogen and oxygen atoms in total. The lowest BCUT2D eigenvalue weighted by Crippen LogP contribution is -2.41. The van der Waals surface area contributed by atoms with Crippen molar-refractivity contribution in [1.82, 2.24) is 9.88 Å². The van der Waals surface area contributed by atoms with Gasteiger partial charge in [0.1, 0.15) is 0 Å². The summed E-state index contributed by atoms with van der Waals surface area (Å²) >= 11 is 0. The number of amides is 1. The van der Waals surface area contributed by atoms with Crippen LogP contribution in [0.2, 0.25) is 0 Å². The average Bonchev–Trinajstić information content (AvgIpc) is 2.29. The number of carbonyl (C=O) groups is 1. The summed E-state index contributed by atoms with van der Waals surface area (Å²) in [5, 5.41) is 0. The van der Waals surface area contributed by atoms with E-state index in [0.29, 0.717) is 11.0 Å². The van der Waals surface area contributed by atoms with Crippen molar-refractivity contribution in [1.29, 1.82) is 0 Å². The van der Waals surface area contributed by atoms with Gasteiger partial charge in [-0.15, -0.1) is 0 Å². The molecule has 1 aliphatic rings. The Morgan fingerprint density at radius 2 is 2.06 bits per heavy atom. The Balaban J connectivity index is 2.03. The number of piperidine rings is 1. The van der Waals surface area contributed by atoms with Crippen LogP contribution < -0.4 is 0 Å². The van der Waals surface area contributed by atoms with Gasteiger partial charge in [-0.2, -0.15) is 0 Å². The molecule has 3 heteroatoms. The number of aromatic nitrogens is 1. The van der Waals surface area contributed by atoms with Crippen molar-refractivity contribution in [3.63, 3.8) is 0 Å². The van der Waals surface area contributed by atoms with Crippen LogP contribution in [0.1, 0.15) is 37.0 Å². The Bertz CT molecular complexity index is 363. The highest BCUT2D eigenvalue weighted by molar-refractivity contribution is 5.93. The molecule has 0 aliphatic carbocycles. The maximum atomic E-state index is 12.1. The quantitative estimate of drug-likeness (QED) is 0.725. The summed E-state index contributed by atoms with van der Waals surface area (Å²) in [7, 11) is 0. The average molecular weight is 218 g/mol. The van der Waals surface area contributed by atoms with E-state index in [4.69, 9.17) is 0 Å². The summed E-state index contributed by atoms with van der Waals surface area (Å²) in [6.45, 7) is 6.25. The molecule has 0 bridgehead atoms. The molecule has 1 aliphatic heterocycles. The minimum absolute atomic E-state index is 0.114. The molecule has 1 fully saturated rings. The summed E-state index contributed by atoms with van der Waals surface area (Å²) in [5.41, 5.74) is 1.08. The Morgan fingerprint density at radius 1 is 1.38 bits per heavy atom. The van der Waals surface area contributed by atoms with Crippen LogP contribution in [0, 0.1) is 5.41 Å². The molecule has 0 aromatic carbocycles. The summed E-state index contributed by atoms with van der Waals surface area (Å²) in [4.78, 5) is 18.0. The molecule has 0 atom stereocenters. The van der Waals surface area contributed by atoms with Gasteiger partial charge in [0, 0.05) is 25.5 Å². The molecule has 0 saturated carbocycles. The second kappa shape index (κ2) is 4.24. The van der Waals surface area contributed by atoms with Crippen LogP contribution in [-0.4, -0.2) is 28.9 Å². The lowest BCUT2D eigenvalue weighted by Gasteiger charge is -2.36. The SMILES string of the molecule is CC1(C)CCN(C(=O)c2cccnc2)CC1. The zero-order chi connectivity index (χ0) is 11.6. The van der Waals surface area contributed by atoms with Crippen LogP contribution in [-0.2, 0) is 0 Å². The van der Waals surface area contributed by atoms with Gasteiger partial charge in [-0.3, -0.25) is 9.78 Å². The van der Waals surface area contributed by atoms with Crippen LogP contribution in [0.15, 0.2) is 24.5 Å². The fourth-order valence-electron chi connectivity index (χ4n) is 1.99. The van der Waals surface area contributed by atoms with Gasteiger partial charge in [0.15, 0.2) is 0 Å². The maximum Gasteiger partial charge on any atom is 0.255 e. The first-order chi connectivity index (χ1) is 7.58. The molecule has 1 aromatic heterocycles. The third kappa shape index (κ3) is 2.40. The number of likely N-dealkylation sites (tertiary alicyclic amines) is 1. The highest BCUT2D eigenvalue weighted by atomic mass is 16.2. The topological polar surface area (TPSA) is 33.2 Å². The molecule has 2 rings (SSSR count). The van der Waals surface area contributed by atoms with Crippen molar-refractivity contribution in [2.24, 2.45) is 5.41 Å². The first-order valence-corrected chi connectivity index (χ1v) is 5.78. The van der Waals surface area contributed by atoms with E-state index in [1.165, 1.54) is 0 Å². The zero-order valence-electron chi connectivity index (χ0n) is 9.94. The van der Waals surface area contributed by atoms with Crippen molar-refractivity contribution in [3.8, 4) is 0 Å². The van der Waals surface area contributed by atoms with Gasteiger partial charge >= 0.3 is 0 Å². The lowest BCUT2D eigenvalue weighted by molar-refractivity contribution is 0.0630. The van der Waals surface area contributed by atoms with Crippen molar-refractivity contribution in [2.75, 3.05) is 13.1 Å². The number of nitrogens with zero attached hydrogens (tertiary/aromatic N) is 2. The molecule has 0 N–H and O–H groups in total. The molecular weight excluding hydrogens is 200 g/mol. The van der Waals surface area contributed by atoms with E-state index in [1.54, 1.807) is 18.5 Å². The van der Waals surface area contributed by atoms with Gasteiger partial charge in [-0.1, -0.05) is 13.8 Å². The van der Waals surface area contributed by atoms with Crippen LogP contribution in [0.25, 0.3) is 0 Å². The van der Waals surface area contributed by atoms with E-state index >= 15 is 0 Å². The number of rotatable bonds is 1. The Morgan fingerprint density at radius 3 is 2.62 bits per heavy atom. The van der Waals surface area contributed by atoms with E-state index in [9.17, 15) is 4.79 Å². The van der Waals surface area contributed by atoms with Crippen molar-refractivity contribution in [3.05, 3.63) is 30.1 Å². The smallest absolute Gasteiger partial charge is 0.255 e. The Hall–Kier alpha value is -1.38. The maximum absolute atomic E-state index is 12.1. The summed E-state index contributed by atoms with van der Waals surface area (Å²) in [5.74, 6) is 0.114. The third-order valence-corrected chi connectivity index (χ3v) is 3.31. The van der Waals surface area contributed by atoms with Crippen molar-refractivity contribution >= 4 is 5.91 Å². The fraction of sp³-hybridized carbons (Fsp3) is 0.538. The minimum Gasteiger partial charge on any atom is -0.339 e. The fourth-order valence-corrected chi connectivity index (χ4v) is 1.99. The summed E-state index contributed by atoms with van der Waals surface area (Å²) in [6.07, 6.45) is 5.50. The van der Waals surface area contributed by atoms with Gasteiger partial charge in [0.05, 0.1) is 5.56 Å². The highest BCUT2D eigenvalue weighted by Crippen LogP contribution is 2.30. The first-order valence-electron chi connectivity index (χ1n) is 5.78. The van der Waals surface area contributed by atoms with Crippen molar-refractivity contribution in [2.45, 2.75) is 26.7 Å². The van der Waals surface area contributed by atoms with Gasteiger partial charge < -0.3 is 4.90 Å². The van der Waals surface area contributed by atoms with E-state index in [0.717, 1.165) is 25.9 Å². The van der Waals surface area contributed by atoms with Crippen LogP contribution in [0.3, 0.4) is 0 Å². The van der Waals surface area contributed by atoms with E-state index < -0.39 is 0 Å². The monoisotopic (exact) mass is 218 g/mol. The second-order valence-electron chi connectivity index (χ2n) is 5.20. The Kier molecular flexibility index (Phi) is 2.95. The van der Waals surface area contributed by atoms with Gasteiger partial charge in [-0.25, -0.2) is 0 Å². The molecule has 1 saturated heterocycles. The largest absolute Gasteiger partial charge is 0.339 e. The predicted octanol–water partition coefficient (Wildman–Crippen LogP) is 2.34. The molecular formula is C13H18N2O. The predicted molar refractivity (Wildman–Crippen MR) is 63.2 cm³/mol. The number of carbonyl (C=O) groups excluding carboxylic acids is 1. The molecule has 1 amide bonds. The summed E-state index contributed by atoms with van der Waals surface area (Å²) < 4.78 is 0. The normalized spacial score (nSPS) is 19.5. The van der Waals surface area contributed by atoms with Crippen LogP contribution in [0.4, 0.5) is 0 Å². The van der Waals surface area contributed by atoms with Gasteiger partial charge in [0.2, 0.25) is 0 Å². The standard InChI is InChI=1S/C13H18N2O/c1-13(2)5-8-15(9-6-13)12(16)11-4-3-7-14-10-11/h3-4,7,10H,5-6,8-9H2,1-2H3. The van der Waals surface area contributed by atoms with E-state index in [-0.39, 0.29) is 5.91 Å². The second-order valence-corrected chi connectivity index (χ2v) is 5.20. The molecule has 0 spiro atoms. The van der Waals surface area contributed by atoms with E-state index in [1.807, 2.05) is 11.0 Å². The van der Waals surface area contributed by atoms with Gasteiger partial charge in [0.25, 0.3) is 5.91 Å². The molecule has 16 heavy (non-hydrogen) atoms. The van der Waals surface area contributed by atoms with Crippen LogP contribution in [0.5, 0.6) is 0 Å². The molecule has 0 radical (unpaired) electrons. The molecule has 86 valence electrons. The minimum atomic E-state index is 0.114. The highest BCUT2D eigenvalue weighted by Gasteiger charge is 2.28. The third-order valence-electron chi connectivity index (χ3n) is 3.31. The zero-order valence-corrected chi connectivity index (χ0v) is 9.94. The molecule has 1 aromatic rings. The van der Waals surface area contributed by atoms with Crippen molar-refractivity contribution < 1.29 is 4.79 Å². The Labute approximate surface area is 96.5 Å². The number of pyridine rings is 1. The lowest BCUT2D eigenvalue weighted by atomic mass is 9.82. The van der Waals surface area contributed by atoms with E-state index in [2.05, 4.69) is 18.8 Å². The first kappa shape index (κ1) is 11.1. The number of hydrogen-bond donors (Lipinski definition) is 0. The molecule has 0 unspecified atom stereocenters. The number of hydrogen-bond acceptors (Lipinski definition) is 2. The molecule has 2 heterocycles. The van der Waals surface area contributed by atoms with Gasteiger partial charge in [-0.05, 0) is 30.4 Å². The summed E-state index contributed by atoms with van der Waals surface area (Å²) in [6, 6.07) is 3.64. The van der Waals surface area contributed by atoms with Crippen LogP contribution >= 0.6 is 0 Å².